The number of carbonyl (C=O) groups is 2. The normalized spacial score (nSPS) is 18.1. The van der Waals surface area contributed by atoms with Gasteiger partial charge in [-0.25, -0.2) is 10.2 Å². The fourth-order valence-corrected chi connectivity index (χ4v) is 1.52. The van der Waals surface area contributed by atoms with Gasteiger partial charge in [0.1, 0.15) is 6.17 Å². The molecule has 8 heteroatoms. The summed E-state index contributed by atoms with van der Waals surface area (Å²) in [7, 11) is 0. The summed E-state index contributed by atoms with van der Waals surface area (Å²) in [6.45, 7) is 3.67. The highest BCUT2D eigenvalue weighted by atomic mass is 35.5. The Bertz CT molecular complexity index is 516. The molecule has 0 bridgehead atoms. The Morgan fingerprint density at radius 1 is 1.26 bits per heavy atom. The van der Waals surface area contributed by atoms with Crippen molar-refractivity contribution in [3.05, 3.63) is 47.1 Å². The molecule has 0 radical (unpaired) electrons. The van der Waals surface area contributed by atoms with Crippen molar-refractivity contribution in [2.45, 2.75) is 6.17 Å². The van der Waals surface area contributed by atoms with Gasteiger partial charge >= 0.3 is 6.03 Å². The molecule has 0 spiro atoms. The number of hydrazine groups is 2. The van der Waals surface area contributed by atoms with Crippen molar-refractivity contribution in [2.24, 2.45) is 0 Å². The summed E-state index contributed by atoms with van der Waals surface area (Å²) in [6, 6.07) is 5.98. The zero-order valence-electron chi connectivity index (χ0n) is 9.79. The smallest absolute Gasteiger partial charge is 0.314 e. The Labute approximate surface area is 114 Å². The molecule has 1 heterocycles. The summed E-state index contributed by atoms with van der Waals surface area (Å²) in [5.74, 6) is -0.350. The largest absolute Gasteiger partial charge is 0.334 e. The average Bonchev–Trinajstić information content (AvgIpc) is 2.40. The van der Waals surface area contributed by atoms with Crippen LogP contribution in [0.5, 0.6) is 0 Å². The number of benzene rings is 1. The molecule has 19 heavy (non-hydrogen) atoms. The lowest BCUT2D eigenvalue weighted by molar-refractivity contribution is 0.0922. The molecule has 1 aliphatic heterocycles. The van der Waals surface area contributed by atoms with Crippen LogP contribution in [-0.4, -0.2) is 18.1 Å². The highest BCUT2D eigenvalue weighted by Gasteiger charge is 2.21. The maximum absolute atomic E-state index is 11.8. The Kier molecular flexibility index (Phi) is 3.88. The summed E-state index contributed by atoms with van der Waals surface area (Å²) in [6.07, 6.45) is -0.606. The van der Waals surface area contributed by atoms with Crippen molar-refractivity contribution in [2.75, 3.05) is 0 Å². The van der Waals surface area contributed by atoms with E-state index in [9.17, 15) is 9.59 Å². The van der Waals surface area contributed by atoms with E-state index in [-0.39, 0.29) is 5.91 Å². The second-order valence-corrected chi connectivity index (χ2v) is 4.22. The van der Waals surface area contributed by atoms with Gasteiger partial charge in [0.15, 0.2) is 0 Å². The fourth-order valence-electron chi connectivity index (χ4n) is 1.40. The van der Waals surface area contributed by atoms with Gasteiger partial charge in [-0.1, -0.05) is 18.2 Å². The Morgan fingerprint density at radius 3 is 2.63 bits per heavy atom. The van der Waals surface area contributed by atoms with E-state index in [0.29, 0.717) is 16.3 Å². The van der Waals surface area contributed by atoms with Crippen molar-refractivity contribution >= 4 is 23.5 Å². The van der Waals surface area contributed by atoms with E-state index in [4.69, 9.17) is 11.6 Å². The summed E-state index contributed by atoms with van der Waals surface area (Å²) >= 11 is 5.73. The maximum Gasteiger partial charge on any atom is 0.334 e. The van der Waals surface area contributed by atoms with Crippen LogP contribution in [0, 0.1) is 0 Å². The number of rotatable bonds is 3. The summed E-state index contributed by atoms with van der Waals surface area (Å²) in [5.41, 5.74) is 10.9. The number of amides is 3. The van der Waals surface area contributed by atoms with Gasteiger partial charge in [0, 0.05) is 10.6 Å². The second-order valence-electron chi connectivity index (χ2n) is 3.79. The highest BCUT2D eigenvalue weighted by Crippen LogP contribution is 2.09. The number of carbonyl (C=O) groups excluding carboxylic acids is 2. The van der Waals surface area contributed by atoms with Crippen LogP contribution >= 0.6 is 11.6 Å². The van der Waals surface area contributed by atoms with Crippen molar-refractivity contribution < 1.29 is 9.59 Å². The van der Waals surface area contributed by atoms with Crippen LogP contribution in [0.2, 0.25) is 5.02 Å². The second kappa shape index (κ2) is 5.59. The van der Waals surface area contributed by atoms with Gasteiger partial charge in [0.25, 0.3) is 5.91 Å². The molecule has 3 amide bonds. The third kappa shape index (κ3) is 3.36. The number of nitrogens with one attached hydrogen (secondary N) is 5. The lowest BCUT2D eigenvalue weighted by Crippen LogP contribution is -2.64. The third-order valence-electron chi connectivity index (χ3n) is 2.40. The number of halogens is 1. The van der Waals surface area contributed by atoms with Crippen molar-refractivity contribution in [1.29, 1.82) is 0 Å². The highest BCUT2D eigenvalue weighted by molar-refractivity contribution is 6.30. The van der Waals surface area contributed by atoms with Crippen molar-refractivity contribution in [3.63, 3.8) is 0 Å². The average molecular weight is 282 g/mol. The van der Waals surface area contributed by atoms with Crippen molar-refractivity contribution in [1.82, 2.24) is 27.0 Å². The van der Waals surface area contributed by atoms with Gasteiger partial charge in [0.05, 0.1) is 5.70 Å². The number of urea groups is 1. The SMILES string of the molecule is C=C1NNC(=O)NC1NNC(=O)c1ccc(Cl)cc1. The van der Waals surface area contributed by atoms with Crippen LogP contribution in [-0.2, 0) is 0 Å². The minimum atomic E-state index is -0.606. The lowest BCUT2D eigenvalue weighted by Gasteiger charge is -2.28. The van der Waals surface area contributed by atoms with Crippen LogP contribution in [0.4, 0.5) is 4.79 Å². The first-order valence-electron chi connectivity index (χ1n) is 5.39. The monoisotopic (exact) mass is 281 g/mol. The lowest BCUT2D eigenvalue weighted by atomic mass is 10.2. The van der Waals surface area contributed by atoms with E-state index in [0.717, 1.165) is 0 Å². The minimum Gasteiger partial charge on any atom is -0.314 e. The molecule has 1 aliphatic rings. The van der Waals surface area contributed by atoms with Gasteiger partial charge in [-0.2, -0.15) is 0 Å². The number of hydrogen-bond donors (Lipinski definition) is 5. The molecule has 1 fully saturated rings. The van der Waals surface area contributed by atoms with E-state index < -0.39 is 12.2 Å². The molecule has 1 atom stereocenters. The molecular formula is C11H12ClN5O2. The summed E-state index contributed by atoms with van der Waals surface area (Å²) in [4.78, 5) is 22.9. The molecule has 100 valence electrons. The van der Waals surface area contributed by atoms with Gasteiger partial charge in [-0.05, 0) is 24.3 Å². The molecule has 2 rings (SSSR count). The quantitative estimate of drug-likeness (QED) is 0.513. The van der Waals surface area contributed by atoms with E-state index in [1.165, 1.54) is 0 Å². The van der Waals surface area contributed by atoms with Crippen LogP contribution in [0.1, 0.15) is 10.4 Å². The van der Waals surface area contributed by atoms with E-state index in [2.05, 4.69) is 33.6 Å². The first-order valence-corrected chi connectivity index (χ1v) is 5.77. The maximum atomic E-state index is 11.8. The molecule has 7 nitrogen and oxygen atoms in total. The van der Waals surface area contributed by atoms with Gasteiger partial charge in [0.2, 0.25) is 0 Å². The molecule has 5 N–H and O–H groups in total. The first-order chi connectivity index (χ1) is 9.06. The topological polar surface area (TPSA) is 94.3 Å². The van der Waals surface area contributed by atoms with E-state index in [1.54, 1.807) is 24.3 Å². The van der Waals surface area contributed by atoms with Crippen LogP contribution in [0.25, 0.3) is 0 Å². The van der Waals surface area contributed by atoms with Crippen molar-refractivity contribution in [3.8, 4) is 0 Å². The fraction of sp³-hybridized carbons (Fsp3) is 0.0909. The molecule has 1 unspecified atom stereocenters. The molecule has 0 aromatic heterocycles. The van der Waals surface area contributed by atoms with Crippen LogP contribution < -0.4 is 27.0 Å². The van der Waals surface area contributed by atoms with Crippen LogP contribution in [0.3, 0.4) is 0 Å². The third-order valence-corrected chi connectivity index (χ3v) is 2.65. The van der Waals surface area contributed by atoms with Gasteiger partial charge < -0.3 is 5.32 Å². The molecular weight excluding hydrogens is 270 g/mol. The minimum absolute atomic E-state index is 0.350. The summed E-state index contributed by atoms with van der Waals surface area (Å²) in [5, 5.41) is 3.07. The zero-order valence-corrected chi connectivity index (χ0v) is 10.5. The Balaban J connectivity index is 1.91. The standard InChI is InChI=1S/C11H12ClN5O2/c1-6-9(13-11(19)17-14-6)15-16-10(18)7-2-4-8(12)5-3-7/h2-5,9,14-15H,1H2,(H,16,18)(H2,13,17,19). The van der Waals surface area contributed by atoms with Gasteiger partial charge in [-0.15, -0.1) is 0 Å². The molecule has 1 aromatic carbocycles. The van der Waals surface area contributed by atoms with E-state index in [1.807, 2.05) is 0 Å². The Morgan fingerprint density at radius 2 is 1.95 bits per heavy atom. The Hall–Kier alpha value is -2.25. The van der Waals surface area contributed by atoms with Gasteiger partial charge in [-0.3, -0.25) is 21.1 Å². The molecule has 0 saturated carbocycles. The molecule has 1 aromatic rings. The number of hydrogen-bond acceptors (Lipinski definition) is 4. The molecule has 0 aliphatic carbocycles. The molecule has 1 saturated heterocycles. The zero-order chi connectivity index (χ0) is 13.8. The predicted octanol–water partition coefficient (Wildman–Crippen LogP) is 0.232. The predicted molar refractivity (Wildman–Crippen MR) is 69.8 cm³/mol. The van der Waals surface area contributed by atoms with Crippen LogP contribution in [0.15, 0.2) is 36.5 Å². The summed E-state index contributed by atoms with van der Waals surface area (Å²) < 4.78 is 0. The first kappa shape index (κ1) is 13.2. The van der Waals surface area contributed by atoms with E-state index >= 15 is 0 Å².